The second-order valence-corrected chi connectivity index (χ2v) is 5.27. The zero-order valence-corrected chi connectivity index (χ0v) is 7.80. The van der Waals surface area contributed by atoms with Crippen molar-refractivity contribution in [1.29, 1.82) is 0 Å². The Labute approximate surface area is 69.4 Å². The van der Waals surface area contributed by atoms with E-state index in [2.05, 4.69) is 20.8 Å². The highest BCUT2D eigenvalue weighted by molar-refractivity contribution is 5.22. The lowest BCUT2D eigenvalue weighted by Crippen LogP contribution is -2.57. The summed E-state index contributed by atoms with van der Waals surface area (Å²) < 4.78 is 0. The number of hydrogen-bond donors (Lipinski definition) is 0. The van der Waals surface area contributed by atoms with E-state index in [0.717, 1.165) is 29.1 Å². The summed E-state index contributed by atoms with van der Waals surface area (Å²) in [6.45, 7) is 7.49. The molecule has 2 bridgehead atoms. The quantitative estimate of drug-likeness (QED) is 0.498. The molecule has 0 saturated heterocycles. The van der Waals surface area contributed by atoms with Crippen molar-refractivity contribution < 1.29 is 0 Å². The molecule has 1 spiro atoms. The van der Waals surface area contributed by atoms with Gasteiger partial charge >= 0.3 is 0 Å². The van der Waals surface area contributed by atoms with Crippen LogP contribution in [0.1, 0.15) is 33.6 Å². The minimum Gasteiger partial charge on any atom is -0.0619 e. The monoisotopic (exact) mass is 150 g/mol. The average molecular weight is 150 g/mol. The first-order valence-electron chi connectivity index (χ1n) is 5.19. The Bertz CT molecular complexity index is 193. The van der Waals surface area contributed by atoms with Gasteiger partial charge in [0.25, 0.3) is 0 Å². The third-order valence-corrected chi connectivity index (χ3v) is 5.71. The molecule has 0 heteroatoms. The molecule has 0 N–H and O–H groups in total. The van der Waals surface area contributed by atoms with Crippen molar-refractivity contribution in [1.82, 2.24) is 0 Å². The van der Waals surface area contributed by atoms with Crippen LogP contribution in [-0.2, 0) is 0 Å². The molecule has 4 aliphatic carbocycles. The Morgan fingerprint density at radius 3 is 2.00 bits per heavy atom. The van der Waals surface area contributed by atoms with Gasteiger partial charge in [0.2, 0.25) is 0 Å². The van der Waals surface area contributed by atoms with Crippen LogP contribution in [0.25, 0.3) is 0 Å². The van der Waals surface area contributed by atoms with Gasteiger partial charge in [-0.05, 0) is 47.8 Å². The molecule has 6 atom stereocenters. The van der Waals surface area contributed by atoms with E-state index in [1.165, 1.54) is 5.92 Å². The van der Waals surface area contributed by atoms with Gasteiger partial charge in [0, 0.05) is 0 Å². The zero-order valence-electron chi connectivity index (χ0n) is 7.80. The Hall–Kier alpha value is 0. The minimum absolute atomic E-state index is 0.865. The lowest BCUT2D eigenvalue weighted by molar-refractivity contribution is -0.152. The van der Waals surface area contributed by atoms with Crippen molar-refractivity contribution in [3.63, 3.8) is 0 Å². The molecular formula is C11H18. The number of hydrogen-bond acceptors (Lipinski definition) is 0. The highest BCUT2D eigenvalue weighted by Crippen LogP contribution is 2.80. The fourth-order valence-corrected chi connectivity index (χ4v) is 4.97. The maximum atomic E-state index is 2.50. The molecule has 0 heterocycles. The lowest BCUT2D eigenvalue weighted by atomic mass is 9.41. The van der Waals surface area contributed by atoms with Crippen molar-refractivity contribution in [2.45, 2.75) is 33.6 Å². The van der Waals surface area contributed by atoms with E-state index in [0.29, 0.717) is 0 Å². The summed E-state index contributed by atoms with van der Waals surface area (Å²) in [5, 5.41) is 0. The fraction of sp³-hybridized carbons (Fsp3) is 1.00. The molecule has 11 heavy (non-hydrogen) atoms. The standard InChI is InChI=1S/C11H18/c1-6-7(2)11-5-4-9(11)10(6)8(11)3/h6-10H,4-5H2,1-3H3. The van der Waals surface area contributed by atoms with Crippen LogP contribution in [0.4, 0.5) is 0 Å². The third kappa shape index (κ3) is 0.400. The van der Waals surface area contributed by atoms with Crippen LogP contribution in [-0.4, -0.2) is 0 Å². The Balaban J connectivity index is 2.04. The first-order chi connectivity index (χ1) is 5.19. The van der Waals surface area contributed by atoms with E-state index >= 15 is 0 Å². The van der Waals surface area contributed by atoms with Gasteiger partial charge in [0.05, 0.1) is 0 Å². The van der Waals surface area contributed by atoms with Crippen molar-refractivity contribution >= 4 is 0 Å². The van der Waals surface area contributed by atoms with Crippen LogP contribution in [0, 0.1) is 35.0 Å². The van der Waals surface area contributed by atoms with Crippen LogP contribution in [0.15, 0.2) is 0 Å². The minimum atomic E-state index is 0.865. The second-order valence-electron chi connectivity index (χ2n) is 5.27. The van der Waals surface area contributed by atoms with Gasteiger partial charge in [-0.25, -0.2) is 0 Å². The summed E-state index contributed by atoms with van der Waals surface area (Å²) in [6.07, 6.45) is 3.12. The van der Waals surface area contributed by atoms with Gasteiger partial charge in [0.15, 0.2) is 0 Å². The Morgan fingerprint density at radius 1 is 1.09 bits per heavy atom. The first-order valence-corrected chi connectivity index (χ1v) is 5.19. The summed E-state index contributed by atoms with van der Waals surface area (Å²) >= 11 is 0. The summed E-state index contributed by atoms with van der Waals surface area (Å²) in [5.41, 5.74) is 0.865. The summed E-state index contributed by atoms with van der Waals surface area (Å²) in [7, 11) is 0. The largest absolute Gasteiger partial charge is 0.0619 e. The van der Waals surface area contributed by atoms with E-state index in [1.807, 2.05) is 0 Å². The van der Waals surface area contributed by atoms with E-state index in [4.69, 9.17) is 0 Å². The molecule has 0 aromatic carbocycles. The molecule has 6 unspecified atom stereocenters. The molecule has 4 fully saturated rings. The van der Waals surface area contributed by atoms with Crippen LogP contribution in [0.5, 0.6) is 0 Å². The summed E-state index contributed by atoms with van der Waals surface area (Å²) in [5.74, 6) is 5.45. The van der Waals surface area contributed by atoms with Crippen molar-refractivity contribution in [3.05, 3.63) is 0 Å². The normalized spacial score (nSPS) is 71.7. The van der Waals surface area contributed by atoms with E-state index in [-0.39, 0.29) is 0 Å². The van der Waals surface area contributed by atoms with Gasteiger partial charge in [0.1, 0.15) is 0 Å². The first kappa shape index (κ1) is 6.51. The number of rotatable bonds is 0. The lowest BCUT2D eigenvalue weighted by Gasteiger charge is -2.63. The Morgan fingerprint density at radius 2 is 1.82 bits per heavy atom. The second kappa shape index (κ2) is 1.53. The van der Waals surface area contributed by atoms with Crippen LogP contribution in [0.3, 0.4) is 0 Å². The molecule has 0 radical (unpaired) electrons. The third-order valence-electron chi connectivity index (χ3n) is 5.71. The molecule has 4 rings (SSSR count). The van der Waals surface area contributed by atoms with Crippen molar-refractivity contribution in [3.8, 4) is 0 Å². The predicted molar refractivity (Wildman–Crippen MR) is 46.1 cm³/mol. The van der Waals surface area contributed by atoms with E-state index in [9.17, 15) is 0 Å². The van der Waals surface area contributed by atoms with Crippen molar-refractivity contribution in [2.24, 2.45) is 35.0 Å². The van der Waals surface area contributed by atoms with Gasteiger partial charge in [-0.2, -0.15) is 0 Å². The van der Waals surface area contributed by atoms with Gasteiger partial charge in [-0.15, -0.1) is 0 Å². The summed E-state index contributed by atoms with van der Waals surface area (Å²) in [4.78, 5) is 0. The highest BCUT2D eigenvalue weighted by Gasteiger charge is 2.74. The molecule has 0 aromatic rings. The van der Waals surface area contributed by atoms with Gasteiger partial charge in [-0.1, -0.05) is 20.8 Å². The van der Waals surface area contributed by atoms with E-state index in [1.54, 1.807) is 12.8 Å². The van der Waals surface area contributed by atoms with Crippen molar-refractivity contribution in [2.75, 3.05) is 0 Å². The van der Waals surface area contributed by atoms with Crippen LogP contribution < -0.4 is 0 Å². The zero-order chi connectivity index (χ0) is 7.80. The molecule has 0 nitrogen and oxygen atoms in total. The topological polar surface area (TPSA) is 0 Å². The van der Waals surface area contributed by atoms with Gasteiger partial charge in [-0.3, -0.25) is 0 Å². The molecule has 4 saturated carbocycles. The number of fused-ring (bicyclic) bond motifs is 1. The smallest absolute Gasteiger partial charge is 0.0209 e. The molecule has 62 valence electrons. The SMILES string of the molecule is CC1C2C(C)C3(CCC23)C1C. The molecule has 0 aromatic heterocycles. The van der Waals surface area contributed by atoms with Crippen LogP contribution >= 0.6 is 0 Å². The summed E-state index contributed by atoms with van der Waals surface area (Å²) in [6, 6.07) is 0. The predicted octanol–water partition coefficient (Wildman–Crippen LogP) is 2.93. The maximum absolute atomic E-state index is 2.50. The maximum Gasteiger partial charge on any atom is -0.0209 e. The molecule has 0 amide bonds. The fourth-order valence-electron chi connectivity index (χ4n) is 4.97. The van der Waals surface area contributed by atoms with Crippen LogP contribution in [0.2, 0.25) is 0 Å². The van der Waals surface area contributed by atoms with E-state index < -0.39 is 0 Å². The molecule has 0 aliphatic heterocycles. The molecular weight excluding hydrogens is 132 g/mol. The molecule has 4 aliphatic rings. The van der Waals surface area contributed by atoms with Gasteiger partial charge < -0.3 is 0 Å². The Kier molecular flexibility index (Phi) is 0.906. The highest BCUT2D eigenvalue weighted by atomic mass is 14.8. The average Bonchev–Trinajstić information content (AvgIpc) is 2.20.